The van der Waals surface area contributed by atoms with Gasteiger partial charge in [0.2, 0.25) is 0 Å². The van der Waals surface area contributed by atoms with Crippen molar-refractivity contribution in [1.82, 2.24) is 4.90 Å². The molecule has 1 fully saturated rings. The maximum absolute atomic E-state index is 12.7. The molecule has 5 heteroatoms. The van der Waals surface area contributed by atoms with Crippen LogP contribution in [0.5, 0.6) is 11.5 Å². The fourth-order valence-corrected chi connectivity index (χ4v) is 4.09. The van der Waals surface area contributed by atoms with E-state index >= 15 is 0 Å². The van der Waals surface area contributed by atoms with Gasteiger partial charge < -0.3 is 4.74 Å². The van der Waals surface area contributed by atoms with Gasteiger partial charge in [0.25, 0.3) is 11.1 Å². The second-order valence-electron chi connectivity index (χ2n) is 6.91. The van der Waals surface area contributed by atoms with Crippen molar-refractivity contribution in [3.8, 4) is 11.5 Å². The van der Waals surface area contributed by atoms with E-state index in [1.54, 1.807) is 6.08 Å². The lowest BCUT2D eigenvalue weighted by Crippen LogP contribution is -2.29. The number of carbonyl (C=O) groups excluding carboxylic acids is 2. The minimum absolute atomic E-state index is 0.212. The molecule has 2 amide bonds. The molecule has 3 aromatic carbocycles. The molecule has 150 valence electrons. The maximum atomic E-state index is 12.7. The second-order valence-corrected chi connectivity index (χ2v) is 7.90. The van der Waals surface area contributed by atoms with Crippen LogP contribution in [0.25, 0.3) is 6.08 Å². The van der Waals surface area contributed by atoms with Gasteiger partial charge in [0.1, 0.15) is 11.5 Å². The van der Waals surface area contributed by atoms with Crippen molar-refractivity contribution in [2.45, 2.75) is 12.8 Å². The summed E-state index contributed by atoms with van der Waals surface area (Å²) in [6.07, 6.45) is 3.33. The van der Waals surface area contributed by atoms with E-state index in [1.165, 1.54) is 10.5 Å². The topological polar surface area (TPSA) is 46.6 Å². The summed E-state index contributed by atoms with van der Waals surface area (Å²) in [5, 5.41) is -0.212. The van der Waals surface area contributed by atoms with E-state index in [-0.39, 0.29) is 11.1 Å². The third-order valence-electron chi connectivity index (χ3n) is 4.70. The largest absolute Gasteiger partial charge is 0.457 e. The molecule has 1 heterocycles. The van der Waals surface area contributed by atoms with E-state index in [4.69, 9.17) is 4.74 Å². The Morgan fingerprint density at radius 2 is 1.53 bits per heavy atom. The van der Waals surface area contributed by atoms with Gasteiger partial charge in [-0.1, -0.05) is 60.7 Å². The first kappa shape index (κ1) is 20.0. The summed E-state index contributed by atoms with van der Waals surface area (Å²) in [5.74, 6) is 1.19. The highest BCUT2D eigenvalue weighted by Crippen LogP contribution is 2.33. The SMILES string of the molecule is O=C1S/C(=C/c2cccc(Oc3ccccc3)c2)C(=O)N1CCCc1ccccc1. The minimum atomic E-state index is -0.229. The Hall–Kier alpha value is -3.31. The fourth-order valence-electron chi connectivity index (χ4n) is 3.22. The zero-order valence-electron chi connectivity index (χ0n) is 16.4. The third kappa shape index (κ3) is 4.99. The van der Waals surface area contributed by atoms with Crippen LogP contribution >= 0.6 is 11.8 Å². The van der Waals surface area contributed by atoms with Crippen LogP contribution in [-0.2, 0) is 11.2 Å². The molecule has 0 aromatic heterocycles. The van der Waals surface area contributed by atoms with Crippen molar-refractivity contribution in [3.63, 3.8) is 0 Å². The molecule has 4 nitrogen and oxygen atoms in total. The van der Waals surface area contributed by atoms with Crippen LogP contribution in [0.2, 0.25) is 0 Å². The predicted octanol–water partition coefficient (Wildman–Crippen LogP) is 6.15. The summed E-state index contributed by atoms with van der Waals surface area (Å²) in [6, 6.07) is 27.1. The molecule has 0 saturated carbocycles. The Morgan fingerprint density at radius 3 is 2.30 bits per heavy atom. The molecular formula is C25H21NO3S. The van der Waals surface area contributed by atoms with Gasteiger partial charge in [0.15, 0.2) is 0 Å². The molecule has 3 aromatic rings. The molecule has 0 unspecified atom stereocenters. The molecule has 0 radical (unpaired) electrons. The summed E-state index contributed by atoms with van der Waals surface area (Å²) < 4.78 is 5.85. The number of aryl methyl sites for hydroxylation is 1. The van der Waals surface area contributed by atoms with Gasteiger partial charge in [0, 0.05) is 6.54 Å². The molecule has 0 spiro atoms. The third-order valence-corrected chi connectivity index (χ3v) is 5.61. The number of rotatable bonds is 7. The Balaban J connectivity index is 1.41. The van der Waals surface area contributed by atoms with E-state index in [0.717, 1.165) is 35.9 Å². The molecule has 4 rings (SSSR count). The number of ether oxygens (including phenoxy) is 1. The van der Waals surface area contributed by atoms with Crippen LogP contribution in [0.3, 0.4) is 0 Å². The number of benzene rings is 3. The van der Waals surface area contributed by atoms with E-state index < -0.39 is 0 Å². The molecule has 0 N–H and O–H groups in total. The standard InChI is InChI=1S/C25H21NO3S/c27-24-23(30-25(28)26(24)16-8-12-19-9-3-1-4-10-19)18-20-11-7-15-22(17-20)29-21-13-5-2-6-14-21/h1-7,9-11,13-15,17-18H,8,12,16H2/b23-18+. The molecule has 1 aliphatic heterocycles. The minimum Gasteiger partial charge on any atom is -0.457 e. The second kappa shape index (κ2) is 9.46. The lowest BCUT2D eigenvalue weighted by molar-refractivity contribution is -0.122. The first-order chi connectivity index (χ1) is 14.7. The number of carbonyl (C=O) groups is 2. The monoisotopic (exact) mass is 415 g/mol. The Labute approximate surface area is 180 Å². The number of thioether (sulfide) groups is 1. The Bertz CT molecular complexity index is 1060. The normalized spacial score (nSPS) is 15.1. The van der Waals surface area contributed by atoms with Crippen molar-refractivity contribution in [2.75, 3.05) is 6.54 Å². The zero-order valence-corrected chi connectivity index (χ0v) is 17.2. The number of imide groups is 1. The van der Waals surface area contributed by atoms with Gasteiger partial charge in [-0.2, -0.15) is 0 Å². The molecule has 0 aliphatic carbocycles. The van der Waals surface area contributed by atoms with Crippen molar-refractivity contribution >= 4 is 29.0 Å². The van der Waals surface area contributed by atoms with Gasteiger partial charge in [-0.15, -0.1) is 0 Å². The first-order valence-corrected chi connectivity index (χ1v) is 10.6. The van der Waals surface area contributed by atoms with E-state index in [2.05, 4.69) is 12.1 Å². The number of hydrogen-bond donors (Lipinski definition) is 0. The highest BCUT2D eigenvalue weighted by Gasteiger charge is 2.34. The van der Waals surface area contributed by atoms with Crippen molar-refractivity contribution in [2.24, 2.45) is 0 Å². The van der Waals surface area contributed by atoms with Crippen LogP contribution in [0.15, 0.2) is 89.8 Å². The lowest BCUT2D eigenvalue weighted by atomic mass is 10.1. The summed E-state index contributed by atoms with van der Waals surface area (Å²) in [4.78, 5) is 26.8. The highest BCUT2D eigenvalue weighted by atomic mass is 32.2. The summed E-state index contributed by atoms with van der Waals surface area (Å²) >= 11 is 0.990. The van der Waals surface area contributed by atoms with Crippen LogP contribution in [0.4, 0.5) is 4.79 Å². The zero-order chi connectivity index (χ0) is 20.8. The summed E-state index contributed by atoms with van der Waals surface area (Å²) in [6.45, 7) is 0.425. The van der Waals surface area contributed by atoms with E-state index in [9.17, 15) is 9.59 Å². The van der Waals surface area contributed by atoms with Crippen molar-refractivity contribution in [3.05, 3.63) is 101 Å². The number of para-hydroxylation sites is 1. The quantitative estimate of drug-likeness (QED) is 0.434. The van der Waals surface area contributed by atoms with Crippen molar-refractivity contribution < 1.29 is 14.3 Å². The van der Waals surface area contributed by atoms with Gasteiger partial charge in [-0.25, -0.2) is 0 Å². The van der Waals surface area contributed by atoms with Crippen LogP contribution in [0.1, 0.15) is 17.5 Å². The fraction of sp³-hybridized carbons (Fsp3) is 0.120. The van der Waals surface area contributed by atoms with Crippen LogP contribution in [0, 0.1) is 0 Å². The molecule has 1 saturated heterocycles. The molecule has 1 aliphatic rings. The number of nitrogens with zero attached hydrogens (tertiary/aromatic N) is 1. The lowest BCUT2D eigenvalue weighted by Gasteiger charge is -2.12. The molecular weight excluding hydrogens is 394 g/mol. The predicted molar refractivity (Wildman–Crippen MR) is 120 cm³/mol. The molecule has 30 heavy (non-hydrogen) atoms. The average Bonchev–Trinajstić information content (AvgIpc) is 3.03. The van der Waals surface area contributed by atoms with Gasteiger partial charge >= 0.3 is 0 Å². The van der Waals surface area contributed by atoms with Crippen molar-refractivity contribution in [1.29, 1.82) is 0 Å². The molecule has 0 bridgehead atoms. The Kier molecular flexibility index (Phi) is 6.30. The van der Waals surface area contributed by atoms with Gasteiger partial charge in [-0.3, -0.25) is 14.5 Å². The summed E-state index contributed by atoms with van der Waals surface area (Å²) in [5.41, 5.74) is 2.02. The average molecular weight is 416 g/mol. The van der Waals surface area contributed by atoms with Gasteiger partial charge in [-0.05, 0) is 66.1 Å². The first-order valence-electron chi connectivity index (χ1n) is 9.81. The van der Waals surface area contributed by atoms with Crippen LogP contribution < -0.4 is 4.74 Å². The number of hydrogen-bond acceptors (Lipinski definition) is 4. The smallest absolute Gasteiger partial charge is 0.293 e. The summed E-state index contributed by atoms with van der Waals surface area (Å²) in [7, 11) is 0. The molecule has 0 atom stereocenters. The highest BCUT2D eigenvalue weighted by molar-refractivity contribution is 8.18. The maximum Gasteiger partial charge on any atom is 0.293 e. The van der Waals surface area contributed by atoms with Crippen LogP contribution in [-0.4, -0.2) is 22.6 Å². The number of amides is 2. The van der Waals surface area contributed by atoms with E-state index in [0.29, 0.717) is 17.2 Å². The van der Waals surface area contributed by atoms with Gasteiger partial charge in [0.05, 0.1) is 4.91 Å². The Morgan fingerprint density at radius 1 is 0.833 bits per heavy atom. The van der Waals surface area contributed by atoms with E-state index in [1.807, 2.05) is 72.8 Å².